The highest BCUT2D eigenvalue weighted by Gasteiger charge is 2.22. The molecule has 0 radical (unpaired) electrons. The molecule has 27 heavy (non-hydrogen) atoms. The summed E-state index contributed by atoms with van der Waals surface area (Å²) in [5.74, 6) is -0.236. The Kier molecular flexibility index (Phi) is 6.04. The molecule has 2 aromatic carbocycles. The van der Waals surface area contributed by atoms with E-state index in [4.69, 9.17) is 0 Å². The lowest BCUT2D eigenvalue weighted by Gasteiger charge is -2.28. The number of nitrogens with zero attached hydrogens (tertiary/aromatic N) is 1. The summed E-state index contributed by atoms with van der Waals surface area (Å²) in [5, 5.41) is 0. The first-order valence-electron chi connectivity index (χ1n) is 9.28. The molecule has 0 fully saturated rings. The summed E-state index contributed by atoms with van der Waals surface area (Å²) in [6, 6.07) is 16.0. The average molecular weight is 363 g/mol. The minimum absolute atomic E-state index is 0.0569. The van der Waals surface area contributed by atoms with Gasteiger partial charge < -0.3 is 4.90 Å². The summed E-state index contributed by atoms with van der Waals surface area (Å²) >= 11 is 0. The zero-order valence-corrected chi connectivity index (χ0v) is 15.8. The fourth-order valence-electron chi connectivity index (χ4n) is 3.26. The third kappa shape index (κ3) is 4.44. The Morgan fingerprint density at radius 2 is 1.78 bits per heavy atom. The van der Waals surface area contributed by atoms with Crippen molar-refractivity contribution in [2.45, 2.75) is 33.2 Å². The summed E-state index contributed by atoms with van der Waals surface area (Å²) in [6.45, 7) is 5.09. The maximum absolute atomic E-state index is 13.0. The van der Waals surface area contributed by atoms with Crippen LogP contribution in [0.5, 0.6) is 0 Å². The number of benzene rings is 2. The number of nitrogens with one attached hydrogen (secondary N) is 2. The van der Waals surface area contributed by atoms with Crippen LogP contribution in [0.4, 0.5) is 5.69 Å². The molecule has 2 aromatic rings. The number of hydrogen-bond donors (Lipinski definition) is 2. The summed E-state index contributed by atoms with van der Waals surface area (Å²) in [4.78, 5) is 26.7. The highest BCUT2D eigenvalue weighted by atomic mass is 16.2. The molecule has 0 unspecified atom stereocenters. The molecule has 0 saturated carbocycles. The Labute approximate surface area is 160 Å². The van der Waals surface area contributed by atoms with Crippen molar-refractivity contribution in [1.29, 1.82) is 0 Å². The number of hydrogen-bond acceptors (Lipinski definition) is 3. The molecule has 1 aliphatic heterocycles. The van der Waals surface area contributed by atoms with Crippen molar-refractivity contribution in [3.8, 4) is 0 Å². The quantitative estimate of drug-likeness (QED) is 0.799. The van der Waals surface area contributed by atoms with Crippen LogP contribution in [-0.2, 0) is 16.1 Å². The van der Waals surface area contributed by atoms with Crippen LogP contribution in [0.3, 0.4) is 0 Å². The second-order valence-corrected chi connectivity index (χ2v) is 6.60. The first-order valence-corrected chi connectivity index (χ1v) is 9.28. The minimum atomic E-state index is -0.179. The van der Waals surface area contributed by atoms with Crippen LogP contribution in [0.25, 0.3) is 11.6 Å². The molecule has 140 valence electrons. The van der Waals surface area contributed by atoms with Crippen molar-refractivity contribution in [3.05, 3.63) is 65.2 Å². The van der Waals surface area contributed by atoms with E-state index in [-0.39, 0.29) is 24.7 Å². The third-order valence-corrected chi connectivity index (χ3v) is 4.65. The second-order valence-electron chi connectivity index (χ2n) is 6.60. The largest absolute Gasteiger partial charge is 0.307 e. The first kappa shape index (κ1) is 18.9. The minimum Gasteiger partial charge on any atom is -0.307 e. The number of allylic oxidation sites excluding steroid dienone is 1. The molecule has 0 spiro atoms. The molecule has 0 bridgehead atoms. The van der Waals surface area contributed by atoms with Crippen LogP contribution in [0, 0.1) is 0 Å². The Balaban J connectivity index is 1.90. The van der Waals surface area contributed by atoms with Crippen molar-refractivity contribution < 1.29 is 9.59 Å². The Morgan fingerprint density at radius 3 is 2.59 bits per heavy atom. The predicted octanol–water partition coefficient (Wildman–Crippen LogP) is 3.51. The molecule has 0 aromatic heterocycles. The molecule has 5 heteroatoms. The molecule has 5 nitrogen and oxygen atoms in total. The second kappa shape index (κ2) is 8.64. The van der Waals surface area contributed by atoms with E-state index >= 15 is 0 Å². The highest BCUT2D eigenvalue weighted by Crippen LogP contribution is 2.33. The van der Waals surface area contributed by atoms with E-state index in [1.54, 1.807) is 4.90 Å². The van der Waals surface area contributed by atoms with Crippen LogP contribution in [0.2, 0.25) is 0 Å². The Hall–Kier alpha value is -2.92. The predicted molar refractivity (Wildman–Crippen MR) is 109 cm³/mol. The van der Waals surface area contributed by atoms with Gasteiger partial charge in [-0.25, -0.2) is 5.43 Å². The normalized spacial score (nSPS) is 14.9. The number of fused-ring (bicyclic) bond motifs is 2. The molecular weight excluding hydrogens is 338 g/mol. The van der Waals surface area contributed by atoms with E-state index < -0.39 is 0 Å². The molecule has 3 rings (SSSR count). The summed E-state index contributed by atoms with van der Waals surface area (Å²) in [7, 11) is 0. The summed E-state index contributed by atoms with van der Waals surface area (Å²) in [6.07, 6.45) is 2.48. The van der Waals surface area contributed by atoms with Crippen molar-refractivity contribution in [3.63, 3.8) is 0 Å². The van der Waals surface area contributed by atoms with Gasteiger partial charge in [-0.2, -0.15) is 0 Å². The Bertz CT molecular complexity index is 873. The van der Waals surface area contributed by atoms with Crippen LogP contribution < -0.4 is 15.8 Å². The van der Waals surface area contributed by atoms with Gasteiger partial charge in [0, 0.05) is 24.9 Å². The zero-order valence-electron chi connectivity index (χ0n) is 15.8. The SMILES string of the molecule is CCNNC(=O)CCC(=O)N1Cc2ccccc2/C=C(/C)c2ccccc21. The number of para-hydroxylation sites is 1. The Morgan fingerprint density at radius 1 is 1.04 bits per heavy atom. The lowest BCUT2D eigenvalue weighted by Crippen LogP contribution is -2.38. The third-order valence-electron chi connectivity index (χ3n) is 4.65. The number of carbonyl (C=O) groups is 2. The molecular formula is C22H25N3O2. The van der Waals surface area contributed by atoms with E-state index in [1.165, 1.54) is 0 Å². The molecule has 0 aliphatic carbocycles. The number of hydrazine groups is 1. The van der Waals surface area contributed by atoms with Crippen LogP contribution >= 0.6 is 0 Å². The van der Waals surface area contributed by atoms with Gasteiger partial charge in [-0.05, 0) is 29.7 Å². The smallest absolute Gasteiger partial charge is 0.234 e. The monoisotopic (exact) mass is 363 g/mol. The van der Waals surface area contributed by atoms with Gasteiger partial charge in [-0.3, -0.25) is 15.0 Å². The van der Waals surface area contributed by atoms with E-state index in [9.17, 15) is 9.59 Å². The molecule has 0 atom stereocenters. The molecule has 2 amide bonds. The topological polar surface area (TPSA) is 61.4 Å². The summed E-state index contributed by atoms with van der Waals surface area (Å²) in [5.41, 5.74) is 10.6. The highest BCUT2D eigenvalue weighted by molar-refractivity contribution is 6.00. The lowest BCUT2D eigenvalue weighted by molar-refractivity contribution is -0.125. The molecule has 1 heterocycles. The van der Waals surface area contributed by atoms with E-state index in [0.717, 1.165) is 28.0 Å². The first-order chi connectivity index (χ1) is 13.1. The molecule has 2 N–H and O–H groups in total. The van der Waals surface area contributed by atoms with Gasteiger partial charge in [0.1, 0.15) is 0 Å². The number of carbonyl (C=O) groups excluding carboxylic acids is 2. The standard InChI is InChI=1S/C22H25N3O2/c1-3-23-24-21(26)12-13-22(27)25-15-18-9-5-4-8-17(18)14-16(2)19-10-6-7-11-20(19)25/h4-11,14,23H,3,12-13,15H2,1-2H3,(H,24,26)/b16-14-. The van der Waals surface area contributed by atoms with Crippen molar-refractivity contribution >= 4 is 29.2 Å². The maximum atomic E-state index is 13.0. The van der Waals surface area contributed by atoms with E-state index in [2.05, 4.69) is 29.9 Å². The van der Waals surface area contributed by atoms with Gasteiger partial charge in [0.15, 0.2) is 0 Å². The van der Waals surface area contributed by atoms with Crippen LogP contribution in [-0.4, -0.2) is 18.4 Å². The van der Waals surface area contributed by atoms with Gasteiger partial charge >= 0.3 is 0 Å². The van der Waals surface area contributed by atoms with Crippen molar-refractivity contribution in [2.75, 3.05) is 11.4 Å². The lowest BCUT2D eigenvalue weighted by atomic mass is 9.96. The maximum Gasteiger partial charge on any atom is 0.234 e. The van der Waals surface area contributed by atoms with Crippen LogP contribution in [0.15, 0.2) is 48.5 Å². The van der Waals surface area contributed by atoms with Crippen molar-refractivity contribution in [1.82, 2.24) is 10.9 Å². The van der Waals surface area contributed by atoms with Gasteiger partial charge in [-0.15, -0.1) is 0 Å². The fourth-order valence-corrected chi connectivity index (χ4v) is 3.26. The number of rotatable bonds is 5. The van der Waals surface area contributed by atoms with E-state index in [0.29, 0.717) is 13.1 Å². The van der Waals surface area contributed by atoms with Gasteiger partial charge in [0.25, 0.3) is 0 Å². The fraction of sp³-hybridized carbons (Fsp3) is 0.273. The van der Waals surface area contributed by atoms with Crippen molar-refractivity contribution in [2.24, 2.45) is 0 Å². The summed E-state index contributed by atoms with van der Waals surface area (Å²) < 4.78 is 0. The van der Waals surface area contributed by atoms with Gasteiger partial charge in [0.2, 0.25) is 11.8 Å². The molecule has 0 saturated heterocycles. The number of anilines is 1. The zero-order chi connectivity index (χ0) is 19.2. The van der Waals surface area contributed by atoms with Gasteiger partial charge in [-0.1, -0.05) is 55.5 Å². The van der Waals surface area contributed by atoms with E-state index in [1.807, 2.05) is 49.4 Å². The molecule has 1 aliphatic rings. The van der Waals surface area contributed by atoms with Gasteiger partial charge in [0.05, 0.1) is 12.2 Å². The average Bonchev–Trinajstić information content (AvgIpc) is 2.68. The van der Waals surface area contributed by atoms with Crippen LogP contribution in [0.1, 0.15) is 43.4 Å². The number of amides is 2.